The van der Waals surface area contributed by atoms with Crippen LogP contribution in [0, 0.1) is 38.5 Å². The first-order chi connectivity index (χ1) is 35.2. The predicted octanol–water partition coefficient (Wildman–Crippen LogP) is 6.99. The van der Waals surface area contributed by atoms with E-state index in [2.05, 4.69) is 61.0 Å². The van der Waals surface area contributed by atoms with Crippen LogP contribution in [0.4, 0.5) is 0 Å². The minimum atomic E-state index is -0.909. The third-order valence-electron chi connectivity index (χ3n) is 16.1. The van der Waals surface area contributed by atoms with E-state index in [0.29, 0.717) is 30.0 Å². The summed E-state index contributed by atoms with van der Waals surface area (Å²) in [6.45, 7) is 21.8. The van der Waals surface area contributed by atoms with E-state index in [1.807, 2.05) is 100 Å². The van der Waals surface area contributed by atoms with Gasteiger partial charge in [-0.05, 0) is 88.6 Å². The number of aliphatic imine (C=N–C) groups is 1. The first kappa shape index (κ1) is 52.1. The molecule has 4 fully saturated rings. The van der Waals surface area contributed by atoms with E-state index in [1.54, 1.807) is 22.7 Å². The number of carbonyl (C=O) groups excluding carboxylic acids is 4. The number of hydrogen-bond donors (Lipinski definition) is 3. The van der Waals surface area contributed by atoms with Gasteiger partial charge in [-0.15, -0.1) is 32.9 Å². The number of halogens is 1. The molecular formula is C55H68ClN11O5S2. The van der Waals surface area contributed by atoms with Crippen molar-refractivity contribution in [3.8, 4) is 15.4 Å². The average Bonchev–Trinajstić information content (AvgIpc) is 4.09. The second kappa shape index (κ2) is 20.3. The molecule has 6 atom stereocenters. The van der Waals surface area contributed by atoms with E-state index in [-0.39, 0.29) is 67.1 Å². The Morgan fingerprint density at radius 1 is 0.932 bits per heavy atom. The van der Waals surface area contributed by atoms with Gasteiger partial charge in [0.1, 0.15) is 29.0 Å². The molecule has 7 heterocycles. The van der Waals surface area contributed by atoms with Crippen LogP contribution in [-0.4, -0.2) is 150 Å². The summed E-state index contributed by atoms with van der Waals surface area (Å²) in [5, 5.41) is 27.7. The number of hydrogen-bond acceptors (Lipinski definition) is 13. The van der Waals surface area contributed by atoms with E-state index in [0.717, 1.165) is 87.4 Å². The highest BCUT2D eigenvalue weighted by molar-refractivity contribution is 7.15. The van der Waals surface area contributed by atoms with Gasteiger partial charge in [0.05, 0.1) is 46.9 Å². The summed E-state index contributed by atoms with van der Waals surface area (Å²) in [5.74, 6) is 0.541. The molecule has 1 spiro atoms. The lowest BCUT2D eigenvalue weighted by Crippen LogP contribution is -2.70. The number of piperazine rings is 1. The molecule has 5 aromatic rings. The van der Waals surface area contributed by atoms with Crippen LogP contribution in [0.25, 0.3) is 15.4 Å². The van der Waals surface area contributed by atoms with E-state index >= 15 is 0 Å². The number of aryl methyl sites for hydroxylation is 3. The maximum atomic E-state index is 14.4. The van der Waals surface area contributed by atoms with Gasteiger partial charge >= 0.3 is 0 Å². The Morgan fingerprint density at radius 3 is 2.30 bits per heavy atom. The Morgan fingerprint density at radius 2 is 1.64 bits per heavy atom. The number of aromatic nitrogens is 4. The zero-order valence-corrected chi connectivity index (χ0v) is 46.2. The van der Waals surface area contributed by atoms with Crippen molar-refractivity contribution in [1.82, 2.24) is 50.0 Å². The molecule has 0 bridgehead atoms. The summed E-state index contributed by atoms with van der Waals surface area (Å²) in [5.41, 5.74) is 8.19. The Hall–Kier alpha value is -5.37. The fourth-order valence-electron chi connectivity index (χ4n) is 12.0. The van der Waals surface area contributed by atoms with Crippen molar-refractivity contribution >= 4 is 63.6 Å². The van der Waals surface area contributed by atoms with Crippen molar-refractivity contribution in [2.45, 2.75) is 130 Å². The Kier molecular flexibility index (Phi) is 14.3. The third-order valence-corrected chi connectivity index (χ3v) is 18.5. The molecule has 4 amide bonds. The monoisotopic (exact) mass is 1060 g/mol. The number of rotatable bonds is 12. The second-order valence-electron chi connectivity index (χ2n) is 22.6. The Balaban J connectivity index is 0.710. The highest BCUT2D eigenvalue weighted by Crippen LogP contribution is 2.51. The predicted molar refractivity (Wildman–Crippen MR) is 289 cm³/mol. The van der Waals surface area contributed by atoms with E-state index in [1.165, 1.54) is 9.78 Å². The van der Waals surface area contributed by atoms with Gasteiger partial charge in [-0.3, -0.25) is 38.5 Å². The number of carbonyl (C=O) groups is 4. The van der Waals surface area contributed by atoms with E-state index in [4.69, 9.17) is 16.6 Å². The second-order valence-corrected chi connectivity index (χ2v) is 25.1. The molecule has 3 N–H and O–H groups in total. The van der Waals surface area contributed by atoms with Gasteiger partial charge in [0.25, 0.3) is 0 Å². The molecule has 16 nitrogen and oxygen atoms in total. The van der Waals surface area contributed by atoms with Crippen molar-refractivity contribution in [3.05, 3.63) is 104 Å². The number of nitrogens with zero attached hydrogens (tertiary/aromatic N) is 9. The molecule has 74 heavy (non-hydrogen) atoms. The number of thiophene rings is 1. The number of nitrogens with one attached hydrogen (secondary N) is 2. The van der Waals surface area contributed by atoms with Gasteiger partial charge in [-0.1, -0.05) is 68.8 Å². The molecule has 10 rings (SSSR count). The third kappa shape index (κ3) is 10.1. The molecule has 0 radical (unpaired) electrons. The average molecular weight is 1060 g/mol. The maximum Gasteiger partial charge on any atom is 0.246 e. The van der Waals surface area contributed by atoms with Gasteiger partial charge in [0.15, 0.2) is 5.82 Å². The number of amides is 4. The lowest BCUT2D eigenvalue weighted by molar-refractivity contribution is -0.161. The zero-order chi connectivity index (χ0) is 52.5. The highest BCUT2D eigenvalue weighted by atomic mass is 35.5. The minimum Gasteiger partial charge on any atom is -0.391 e. The normalized spacial score (nSPS) is 22.8. The number of aliphatic hydroxyl groups excluding tert-OH is 1. The molecule has 5 aliphatic rings. The molecule has 1 saturated carbocycles. The van der Waals surface area contributed by atoms with Crippen molar-refractivity contribution < 1.29 is 24.3 Å². The number of β-amino-alcohol motifs (C(OH)–C–C–N with tert-alkyl or cyclic N) is 1. The van der Waals surface area contributed by atoms with Crippen LogP contribution in [0.15, 0.2) is 59.0 Å². The smallest absolute Gasteiger partial charge is 0.246 e. The van der Waals surface area contributed by atoms with Gasteiger partial charge in [-0.2, -0.15) is 0 Å². The molecule has 1 aliphatic carbocycles. The summed E-state index contributed by atoms with van der Waals surface area (Å²) < 4.78 is 2.09. The Labute approximate surface area is 446 Å². The van der Waals surface area contributed by atoms with Gasteiger partial charge in [0, 0.05) is 84.2 Å². The van der Waals surface area contributed by atoms with Crippen molar-refractivity contribution in [2.24, 2.45) is 15.8 Å². The summed E-state index contributed by atoms with van der Waals surface area (Å²) in [7, 11) is 0. The van der Waals surface area contributed by atoms with Crippen molar-refractivity contribution in [1.29, 1.82) is 0 Å². The fraction of sp³-hybridized carbons (Fsp3) is 0.527. The molecule has 2 aromatic carbocycles. The lowest BCUT2D eigenvalue weighted by Gasteiger charge is -2.62. The first-order valence-corrected chi connectivity index (χ1v) is 28.0. The standard InChI is InChI=1S/C55H68ClN11O5S2/c1-30-24-63(26-44(69)60-49(54(7,8)9)52(72)66-25-41(68)20-43(66)51(71)58-32(3)36-10-12-38(13-11-36)48-33(4)57-29-73-48)18-19-65(30)40-22-55(23-40)27-64(28-55)45(70)21-42-50-62-61-35(6)67(50)53-46(31(2)34(5)74-53)47(59-42)37-14-16-39(56)17-15-37/h10-17,29-30,32,40-43,49,68H,18-28H2,1-9H3,(H,58,71)(H,60,69)/t30-,32+,41-,42+,43+,49-/m1/s1. The first-order valence-electron chi connectivity index (χ1n) is 25.9. The van der Waals surface area contributed by atoms with Crippen LogP contribution in [-0.2, 0) is 19.2 Å². The number of thiazole rings is 1. The van der Waals surface area contributed by atoms with Gasteiger partial charge < -0.3 is 25.5 Å². The van der Waals surface area contributed by atoms with Crippen molar-refractivity contribution in [3.63, 3.8) is 0 Å². The molecule has 0 unspecified atom stereocenters. The number of benzene rings is 2. The SMILES string of the molecule is Cc1ncsc1-c1ccc([C@H](C)NC(=O)[C@@H]2C[C@@H](O)CN2C(=O)[C@@H](NC(=O)CN2CCN(C3CC4(C3)CN(C(=O)C[C@@H]3N=C(c5ccc(Cl)cc5)c5c(sc(C)c5C)-n5c(C)nnc53)C4)[C@H](C)C2)C(C)(C)C)cc1. The fourth-order valence-corrected chi connectivity index (χ4v) is 14.1. The summed E-state index contributed by atoms with van der Waals surface area (Å²) >= 11 is 9.59. The number of fused-ring (bicyclic) bond motifs is 3. The summed E-state index contributed by atoms with van der Waals surface area (Å²) in [4.78, 5) is 76.3. The van der Waals surface area contributed by atoms with Gasteiger partial charge in [-0.25, -0.2) is 4.98 Å². The highest BCUT2D eigenvalue weighted by Gasteiger charge is 2.56. The Bertz CT molecular complexity index is 2980. The molecule has 4 aliphatic heterocycles. The van der Waals surface area contributed by atoms with E-state index in [9.17, 15) is 24.3 Å². The molecular weight excluding hydrogens is 994 g/mol. The summed E-state index contributed by atoms with van der Waals surface area (Å²) in [6, 6.07) is 13.7. The van der Waals surface area contributed by atoms with Crippen LogP contribution >= 0.6 is 34.3 Å². The largest absolute Gasteiger partial charge is 0.391 e. The van der Waals surface area contributed by atoms with Crippen LogP contribution in [0.1, 0.15) is 117 Å². The molecule has 392 valence electrons. The van der Waals surface area contributed by atoms with Crippen LogP contribution in [0.3, 0.4) is 0 Å². The minimum absolute atomic E-state index is 0.00994. The topological polar surface area (TPSA) is 181 Å². The number of aliphatic hydroxyl groups is 1. The lowest BCUT2D eigenvalue weighted by atomic mass is 9.60. The zero-order valence-electron chi connectivity index (χ0n) is 43.8. The van der Waals surface area contributed by atoms with Gasteiger partial charge in [0.2, 0.25) is 23.6 Å². The summed E-state index contributed by atoms with van der Waals surface area (Å²) in [6.07, 6.45) is 1.50. The van der Waals surface area contributed by atoms with Crippen molar-refractivity contribution in [2.75, 3.05) is 45.8 Å². The van der Waals surface area contributed by atoms with Crippen LogP contribution < -0.4 is 10.6 Å². The quantitative estimate of drug-likeness (QED) is 0.118. The van der Waals surface area contributed by atoms with E-state index < -0.39 is 29.6 Å². The van der Waals surface area contributed by atoms with Crippen LogP contribution in [0.2, 0.25) is 5.02 Å². The number of likely N-dealkylation sites (tertiary alicyclic amines) is 2. The molecule has 3 aromatic heterocycles. The maximum absolute atomic E-state index is 14.4. The molecule has 19 heteroatoms. The van der Waals surface area contributed by atoms with Crippen LogP contribution in [0.5, 0.6) is 0 Å². The molecule has 3 saturated heterocycles.